The summed E-state index contributed by atoms with van der Waals surface area (Å²) >= 11 is 0. The Bertz CT molecular complexity index is 340. The fraction of sp³-hybridized carbons (Fsp3) is 0.727. The summed E-state index contributed by atoms with van der Waals surface area (Å²) in [5.74, 6) is 0. The number of rotatable bonds is 4. The van der Waals surface area contributed by atoms with Gasteiger partial charge in [-0.05, 0) is 26.8 Å². The molecule has 0 saturated heterocycles. The molecule has 0 aromatic carbocycles. The van der Waals surface area contributed by atoms with Gasteiger partial charge in [-0.2, -0.15) is 5.10 Å². The molecule has 1 heterocycles. The Kier molecular flexibility index (Phi) is 2.80. The van der Waals surface area contributed by atoms with Gasteiger partial charge in [0.2, 0.25) is 0 Å². The molecule has 4 heteroatoms. The summed E-state index contributed by atoms with van der Waals surface area (Å²) in [6.45, 7) is 2.77. The summed E-state index contributed by atoms with van der Waals surface area (Å²) in [6, 6.07) is 1.06. The molecule has 1 atom stereocenters. The summed E-state index contributed by atoms with van der Waals surface area (Å²) in [7, 11) is 4.14. The summed E-state index contributed by atoms with van der Waals surface area (Å²) < 4.78 is 1.92. The third kappa shape index (κ3) is 1.92. The van der Waals surface area contributed by atoms with Crippen LogP contribution < -0.4 is 5.73 Å². The van der Waals surface area contributed by atoms with E-state index >= 15 is 0 Å². The Hall–Kier alpha value is -0.870. The number of nitrogens with two attached hydrogens (primary N) is 1. The van der Waals surface area contributed by atoms with Gasteiger partial charge in [-0.3, -0.25) is 9.58 Å². The van der Waals surface area contributed by atoms with Crippen molar-refractivity contribution in [2.24, 2.45) is 12.8 Å². The van der Waals surface area contributed by atoms with E-state index in [1.807, 2.05) is 17.9 Å². The highest BCUT2D eigenvalue weighted by Gasteiger charge is 2.32. The zero-order valence-electron chi connectivity index (χ0n) is 9.77. The Morgan fingerprint density at radius 3 is 2.73 bits per heavy atom. The second-order valence-electron chi connectivity index (χ2n) is 4.46. The quantitative estimate of drug-likeness (QED) is 0.797. The van der Waals surface area contributed by atoms with Crippen LogP contribution in [0.15, 0.2) is 6.20 Å². The maximum Gasteiger partial charge on any atom is 0.0540 e. The van der Waals surface area contributed by atoms with Crippen LogP contribution in [0.25, 0.3) is 0 Å². The standard InChI is InChI=1S/C11H20N4/c1-8-10(7-13-15(8)3)11(6-12)14(2)9-4-5-9/h7,9,11H,4-6,12H2,1-3H3. The topological polar surface area (TPSA) is 47.1 Å². The van der Waals surface area contributed by atoms with Crippen molar-refractivity contribution in [3.8, 4) is 0 Å². The van der Waals surface area contributed by atoms with Crippen molar-refractivity contribution in [3.05, 3.63) is 17.5 Å². The lowest BCUT2D eigenvalue weighted by atomic mass is 10.1. The largest absolute Gasteiger partial charge is 0.329 e. The van der Waals surface area contributed by atoms with E-state index < -0.39 is 0 Å². The molecular weight excluding hydrogens is 188 g/mol. The lowest BCUT2D eigenvalue weighted by molar-refractivity contribution is 0.239. The molecule has 0 spiro atoms. The van der Waals surface area contributed by atoms with E-state index in [2.05, 4.69) is 24.0 Å². The second-order valence-corrected chi connectivity index (χ2v) is 4.46. The normalized spacial score (nSPS) is 18.5. The van der Waals surface area contributed by atoms with Gasteiger partial charge < -0.3 is 5.73 Å². The highest BCUT2D eigenvalue weighted by Crippen LogP contribution is 2.33. The van der Waals surface area contributed by atoms with Gasteiger partial charge in [-0.15, -0.1) is 0 Å². The minimum absolute atomic E-state index is 0.325. The van der Waals surface area contributed by atoms with Gasteiger partial charge in [-0.1, -0.05) is 0 Å². The van der Waals surface area contributed by atoms with E-state index in [0.717, 1.165) is 6.04 Å². The molecule has 2 N–H and O–H groups in total. The van der Waals surface area contributed by atoms with E-state index in [-0.39, 0.29) is 0 Å². The maximum absolute atomic E-state index is 5.87. The molecule has 84 valence electrons. The highest BCUT2D eigenvalue weighted by molar-refractivity contribution is 5.21. The van der Waals surface area contributed by atoms with Crippen molar-refractivity contribution in [1.82, 2.24) is 14.7 Å². The maximum atomic E-state index is 5.87. The van der Waals surface area contributed by atoms with Gasteiger partial charge in [0, 0.05) is 30.9 Å². The predicted molar refractivity (Wildman–Crippen MR) is 60.5 cm³/mol. The molecule has 1 saturated carbocycles. The summed E-state index contributed by atoms with van der Waals surface area (Å²) in [5, 5.41) is 4.28. The molecule has 2 rings (SSSR count). The molecule has 15 heavy (non-hydrogen) atoms. The highest BCUT2D eigenvalue weighted by atomic mass is 15.3. The van der Waals surface area contributed by atoms with E-state index in [4.69, 9.17) is 5.73 Å². The zero-order chi connectivity index (χ0) is 11.0. The molecule has 1 fully saturated rings. The van der Waals surface area contributed by atoms with Crippen LogP contribution in [0.2, 0.25) is 0 Å². The first kappa shape index (κ1) is 10.6. The zero-order valence-corrected chi connectivity index (χ0v) is 9.77. The van der Waals surface area contributed by atoms with Crippen LogP contribution >= 0.6 is 0 Å². The van der Waals surface area contributed by atoms with Crippen molar-refractivity contribution in [2.45, 2.75) is 31.8 Å². The van der Waals surface area contributed by atoms with Gasteiger partial charge in [0.05, 0.1) is 12.2 Å². The van der Waals surface area contributed by atoms with Crippen LogP contribution in [-0.2, 0) is 7.05 Å². The van der Waals surface area contributed by atoms with E-state index in [1.165, 1.54) is 24.1 Å². The third-order valence-electron chi connectivity index (χ3n) is 3.47. The monoisotopic (exact) mass is 208 g/mol. The minimum Gasteiger partial charge on any atom is -0.329 e. The molecule has 1 aromatic rings. The van der Waals surface area contributed by atoms with Gasteiger partial charge >= 0.3 is 0 Å². The molecule has 1 unspecified atom stereocenters. The molecule has 1 aliphatic rings. The van der Waals surface area contributed by atoms with Crippen LogP contribution in [-0.4, -0.2) is 34.3 Å². The second kappa shape index (κ2) is 3.94. The van der Waals surface area contributed by atoms with Gasteiger partial charge in [0.15, 0.2) is 0 Å². The van der Waals surface area contributed by atoms with Crippen LogP contribution in [0.5, 0.6) is 0 Å². The fourth-order valence-corrected chi connectivity index (χ4v) is 2.09. The molecular formula is C11H20N4. The molecule has 1 aromatic heterocycles. The first-order chi connectivity index (χ1) is 7.15. The van der Waals surface area contributed by atoms with Gasteiger partial charge in [0.25, 0.3) is 0 Å². The number of likely N-dealkylation sites (N-methyl/N-ethyl adjacent to an activating group) is 1. The predicted octanol–water partition coefficient (Wildman–Crippen LogP) is 0.823. The van der Waals surface area contributed by atoms with E-state index in [1.54, 1.807) is 0 Å². The average molecular weight is 208 g/mol. The van der Waals surface area contributed by atoms with Crippen LogP contribution in [0, 0.1) is 6.92 Å². The fourth-order valence-electron chi connectivity index (χ4n) is 2.09. The van der Waals surface area contributed by atoms with Crippen molar-refractivity contribution in [2.75, 3.05) is 13.6 Å². The summed E-state index contributed by atoms with van der Waals surface area (Å²) in [5.41, 5.74) is 8.36. The van der Waals surface area contributed by atoms with Gasteiger partial charge in [0.1, 0.15) is 0 Å². The first-order valence-electron chi connectivity index (χ1n) is 5.55. The van der Waals surface area contributed by atoms with Crippen LogP contribution in [0.3, 0.4) is 0 Å². The molecule has 1 aliphatic carbocycles. The number of hydrogen-bond donors (Lipinski definition) is 1. The van der Waals surface area contributed by atoms with Crippen molar-refractivity contribution in [3.63, 3.8) is 0 Å². The summed E-state index contributed by atoms with van der Waals surface area (Å²) in [4.78, 5) is 2.39. The lowest BCUT2D eigenvalue weighted by Crippen LogP contribution is -2.32. The Morgan fingerprint density at radius 2 is 2.33 bits per heavy atom. The Balaban J connectivity index is 2.21. The third-order valence-corrected chi connectivity index (χ3v) is 3.47. The van der Waals surface area contributed by atoms with E-state index in [9.17, 15) is 0 Å². The first-order valence-corrected chi connectivity index (χ1v) is 5.55. The summed E-state index contributed by atoms with van der Waals surface area (Å²) in [6.07, 6.45) is 4.57. The van der Waals surface area contributed by atoms with E-state index in [0.29, 0.717) is 12.6 Å². The van der Waals surface area contributed by atoms with Crippen molar-refractivity contribution >= 4 is 0 Å². The SMILES string of the molecule is Cc1c(C(CN)N(C)C2CC2)cnn1C. The van der Waals surface area contributed by atoms with Crippen molar-refractivity contribution in [1.29, 1.82) is 0 Å². The average Bonchev–Trinajstić information content (AvgIpc) is 3.01. The van der Waals surface area contributed by atoms with Gasteiger partial charge in [-0.25, -0.2) is 0 Å². The molecule has 0 bridgehead atoms. The molecule has 0 radical (unpaired) electrons. The lowest BCUT2D eigenvalue weighted by Gasteiger charge is -2.26. The smallest absolute Gasteiger partial charge is 0.0540 e. The van der Waals surface area contributed by atoms with Crippen LogP contribution in [0.4, 0.5) is 0 Å². The van der Waals surface area contributed by atoms with Crippen LogP contribution in [0.1, 0.15) is 30.1 Å². The molecule has 4 nitrogen and oxygen atoms in total. The number of aryl methyl sites for hydroxylation is 1. The number of nitrogens with zero attached hydrogens (tertiary/aromatic N) is 3. The molecule has 0 aliphatic heterocycles. The number of aromatic nitrogens is 2. The number of hydrogen-bond acceptors (Lipinski definition) is 3. The minimum atomic E-state index is 0.325. The Labute approximate surface area is 91.1 Å². The Morgan fingerprint density at radius 1 is 1.67 bits per heavy atom. The van der Waals surface area contributed by atoms with Crippen molar-refractivity contribution < 1.29 is 0 Å². The molecule has 0 amide bonds.